The summed E-state index contributed by atoms with van der Waals surface area (Å²) in [6.45, 7) is 5.14. The van der Waals surface area contributed by atoms with Gasteiger partial charge in [0.05, 0.1) is 11.7 Å². The highest BCUT2D eigenvalue weighted by Gasteiger charge is 2.16. The number of rotatable bonds is 5. The van der Waals surface area contributed by atoms with Gasteiger partial charge in [0.25, 0.3) is 5.56 Å². The first kappa shape index (κ1) is 18.9. The first-order valence-corrected chi connectivity index (χ1v) is 8.69. The molecule has 0 aliphatic heterocycles. The van der Waals surface area contributed by atoms with Crippen molar-refractivity contribution in [3.05, 3.63) is 61.5 Å². The van der Waals surface area contributed by atoms with Crippen LogP contribution in [0.2, 0.25) is 0 Å². The van der Waals surface area contributed by atoms with E-state index in [0.29, 0.717) is 17.7 Å². The Morgan fingerprint density at radius 2 is 2.00 bits per heavy atom. The first-order chi connectivity index (χ1) is 11.9. The molecule has 0 fully saturated rings. The van der Waals surface area contributed by atoms with E-state index in [1.54, 1.807) is 13.8 Å². The number of hydrogen-bond acceptors (Lipinski definition) is 4. The lowest BCUT2D eigenvalue weighted by molar-refractivity contribution is -0.122. The Balaban J connectivity index is 2.20. The molecule has 0 bridgehead atoms. The van der Waals surface area contributed by atoms with Crippen LogP contribution in [-0.2, 0) is 11.3 Å². The van der Waals surface area contributed by atoms with E-state index < -0.39 is 5.56 Å². The van der Waals surface area contributed by atoms with Crippen molar-refractivity contribution >= 4 is 21.8 Å². The third kappa shape index (κ3) is 4.34. The number of carbonyl (C=O) groups excluding carboxylic acids is 1. The quantitative estimate of drug-likeness (QED) is 0.832. The highest BCUT2D eigenvalue weighted by atomic mass is 79.9. The van der Waals surface area contributed by atoms with E-state index in [4.69, 9.17) is 5.26 Å². The third-order valence-electron chi connectivity index (χ3n) is 4.06. The van der Waals surface area contributed by atoms with Crippen molar-refractivity contribution in [2.24, 2.45) is 0 Å². The Morgan fingerprint density at radius 3 is 2.56 bits per heavy atom. The highest BCUT2D eigenvalue weighted by Crippen LogP contribution is 2.19. The minimum atomic E-state index is -0.544. The zero-order valence-corrected chi connectivity index (χ0v) is 15.9. The van der Waals surface area contributed by atoms with Crippen LogP contribution in [0.3, 0.4) is 0 Å². The van der Waals surface area contributed by atoms with Gasteiger partial charge in [-0.05, 0) is 43.5 Å². The van der Waals surface area contributed by atoms with Gasteiger partial charge in [-0.1, -0.05) is 35.0 Å². The Hall–Kier alpha value is -2.46. The molecule has 2 aromatic rings. The summed E-state index contributed by atoms with van der Waals surface area (Å²) < 4.78 is 2.01. The summed E-state index contributed by atoms with van der Waals surface area (Å²) in [7, 11) is 0. The number of benzene rings is 1. The second-order valence-corrected chi connectivity index (χ2v) is 6.66. The summed E-state index contributed by atoms with van der Waals surface area (Å²) in [5.41, 5.74) is 1.57. The lowest BCUT2D eigenvalue weighted by Gasteiger charge is -2.18. The monoisotopic (exact) mass is 402 g/mol. The smallest absolute Gasteiger partial charge is 0.285 e. The number of aromatic nitrogens is 2. The van der Waals surface area contributed by atoms with E-state index in [0.717, 1.165) is 14.7 Å². The molecule has 1 aromatic heterocycles. The first-order valence-electron chi connectivity index (χ1n) is 7.90. The number of nitriles is 1. The van der Waals surface area contributed by atoms with Crippen LogP contribution < -0.4 is 10.9 Å². The van der Waals surface area contributed by atoms with Crippen molar-refractivity contribution < 1.29 is 4.79 Å². The van der Waals surface area contributed by atoms with Gasteiger partial charge >= 0.3 is 0 Å². The molecule has 1 N–H and O–H groups in total. The summed E-state index contributed by atoms with van der Waals surface area (Å²) >= 11 is 3.39. The molecule has 6 nitrogen and oxygen atoms in total. The average Bonchev–Trinajstić information content (AvgIpc) is 2.59. The Morgan fingerprint density at radius 1 is 1.36 bits per heavy atom. The Kier molecular flexibility index (Phi) is 6.10. The number of aryl methyl sites for hydroxylation is 1. The number of hydrogen-bond donors (Lipinski definition) is 1. The normalized spacial score (nSPS) is 11.6. The van der Waals surface area contributed by atoms with E-state index in [2.05, 4.69) is 26.3 Å². The van der Waals surface area contributed by atoms with Gasteiger partial charge in [0.1, 0.15) is 18.2 Å². The second kappa shape index (κ2) is 8.08. The van der Waals surface area contributed by atoms with E-state index in [1.807, 2.05) is 37.3 Å². The second-order valence-electron chi connectivity index (χ2n) is 5.74. The van der Waals surface area contributed by atoms with Crippen LogP contribution in [-0.4, -0.2) is 15.7 Å². The van der Waals surface area contributed by atoms with Crippen LogP contribution in [0.15, 0.2) is 33.5 Å². The summed E-state index contributed by atoms with van der Waals surface area (Å²) in [6.07, 6.45) is 0.714. The molecule has 0 aliphatic carbocycles. The average molecular weight is 403 g/mol. The van der Waals surface area contributed by atoms with E-state index >= 15 is 0 Å². The maximum absolute atomic E-state index is 12.4. The van der Waals surface area contributed by atoms with Crippen molar-refractivity contribution in [2.75, 3.05) is 0 Å². The molecule has 0 saturated carbocycles. The molecule has 0 spiro atoms. The maximum Gasteiger partial charge on any atom is 0.285 e. The zero-order valence-electron chi connectivity index (χ0n) is 14.3. The predicted octanol–water partition coefficient (Wildman–Crippen LogP) is 2.76. The molecular weight excluding hydrogens is 384 g/mol. The molecule has 1 amide bonds. The van der Waals surface area contributed by atoms with Gasteiger partial charge in [-0.2, -0.15) is 10.4 Å². The lowest BCUT2D eigenvalue weighted by atomic mass is 10.0. The van der Waals surface area contributed by atoms with E-state index in [-0.39, 0.29) is 24.1 Å². The summed E-state index contributed by atoms with van der Waals surface area (Å²) in [5.74, 6) is -0.323. The minimum Gasteiger partial charge on any atom is -0.348 e. The number of amides is 1. The molecule has 1 aromatic carbocycles. The molecule has 0 unspecified atom stereocenters. The molecule has 130 valence electrons. The topological polar surface area (TPSA) is 87.8 Å². The largest absolute Gasteiger partial charge is 0.348 e. The molecular formula is C18H19BrN4O2. The lowest BCUT2D eigenvalue weighted by Crippen LogP contribution is -2.37. The Labute approximate surface area is 154 Å². The van der Waals surface area contributed by atoms with Gasteiger partial charge in [-0.15, -0.1) is 0 Å². The number of carbonyl (C=O) groups is 1. The van der Waals surface area contributed by atoms with Crippen molar-refractivity contribution in [1.29, 1.82) is 5.26 Å². The van der Waals surface area contributed by atoms with Gasteiger partial charge in [0.2, 0.25) is 5.91 Å². The molecule has 1 heterocycles. The SMILES string of the molecule is CC[C@@H](NC(=O)Cn1nc(C)c(C)c(C#N)c1=O)c1ccc(Br)cc1. The minimum absolute atomic E-state index is 0.0280. The fourth-order valence-electron chi connectivity index (χ4n) is 2.50. The van der Waals surface area contributed by atoms with Crippen molar-refractivity contribution in [3.8, 4) is 6.07 Å². The molecule has 0 saturated heterocycles. The van der Waals surface area contributed by atoms with Crippen LogP contribution >= 0.6 is 15.9 Å². The third-order valence-corrected chi connectivity index (χ3v) is 4.59. The van der Waals surface area contributed by atoms with Crippen molar-refractivity contribution in [1.82, 2.24) is 15.1 Å². The van der Waals surface area contributed by atoms with Crippen LogP contribution in [0.25, 0.3) is 0 Å². The molecule has 0 radical (unpaired) electrons. The van der Waals surface area contributed by atoms with Gasteiger partial charge in [0, 0.05) is 4.47 Å². The number of halogens is 1. The van der Waals surface area contributed by atoms with Gasteiger partial charge in [0.15, 0.2) is 0 Å². The van der Waals surface area contributed by atoms with Crippen molar-refractivity contribution in [2.45, 2.75) is 39.8 Å². The molecule has 7 heteroatoms. The Bertz CT molecular complexity index is 882. The number of nitrogens with zero attached hydrogens (tertiary/aromatic N) is 3. The predicted molar refractivity (Wildman–Crippen MR) is 98.0 cm³/mol. The zero-order chi connectivity index (χ0) is 18.6. The van der Waals surface area contributed by atoms with Gasteiger partial charge in [-0.3, -0.25) is 9.59 Å². The van der Waals surface area contributed by atoms with Gasteiger partial charge < -0.3 is 5.32 Å². The number of nitrogens with one attached hydrogen (secondary N) is 1. The summed E-state index contributed by atoms with van der Waals surface area (Å²) in [6, 6.07) is 9.44. The molecule has 1 atom stereocenters. The van der Waals surface area contributed by atoms with Crippen LogP contribution in [0.4, 0.5) is 0 Å². The fraction of sp³-hybridized carbons (Fsp3) is 0.333. The van der Waals surface area contributed by atoms with E-state index in [9.17, 15) is 9.59 Å². The molecule has 2 rings (SSSR count). The fourth-order valence-corrected chi connectivity index (χ4v) is 2.77. The highest BCUT2D eigenvalue weighted by molar-refractivity contribution is 9.10. The van der Waals surface area contributed by atoms with Crippen LogP contribution in [0.1, 0.15) is 41.8 Å². The molecule has 0 aliphatic rings. The van der Waals surface area contributed by atoms with Crippen LogP contribution in [0.5, 0.6) is 0 Å². The van der Waals surface area contributed by atoms with Gasteiger partial charge in [-0.25, -0.2) is 4.68 Å². The van der Waals surface area contributed by atoms with Crippen molar-refractivity contribution in [3.63, 3.8) is 0 Å². The maximum atomic E-state index is 12.4. The van der Waals surface area contributed by atoms with Crippen LogP contribution in [0, 0.1) is 25.2 Å². The van der Waals surface area contributed by atoms with E-state index in [1.165, 1.54) is 0 Å². The summed E-state index contributed by atoms with van der Waals surface area (Å²) in [5, 5.41) is 16.2. The summed E-state index contributed by atoms with van der Waals surface area (Å²) in [4.78, 5) is 24.6. The standard InChI is InChI=1S/C18H19BrN4O2/c1-4-16(13-5-7-14(19)8-6-13)21-17(24)10-23-18(25)15(9-20)11(2)12(3)22-23/h5-8,16H,4,10H2,1-3H3,(H,21,24)/t16-/m1/s1. The molecule has 25 heavy (non-hydrogen) atoms.